The number of hydrogen-bond donors (Lipinski definition) is 0. The van der Waals surface area contributed by atoms with Gasteiger partial charge in [-0.1, -0.05) is 64.1 Å². The number of nitriles is 1. The van der Waals surface area contributed by atoms with E-state index in [0.29, 0.717) is 10.9 Å². The van der Waals surface area contributed by atoms with Crippen molar-refractivity contribution in [1.29, 1.82) is 5.26 Å². The number of nitrogens with zero attached hydrogens (tertiary/aromatic N) is 4. The second kappa shape index (κ2) is 6.77. The molecule has 0 aliphatic rings. The number of hydrogen-bond acceptors (Lipinski definition) is 4. The summed E-state index contributed by atoms with van der Waals surface area (Å²) in [6.07, 6.45) is 0. The zero-order chi connectivity index (χ0) is 15.4. The van der Waals surface area contributed by atoms with E-state index in [4.69, 9.17) is 5.26 Å². The Morgan fingerprint density at radius 3 is 2.50 bits per heavy atom. The van der Waals surface area contributed by atoms with Crippen LogP contribution in [0.25, 0.3) is 17.1 Å². The number of halogens is 1. The Hall–Kier alpha value is -2.10. The Morgan fingerprint density at radius 1 is 1.05 bits per heavy atom. The number of benzene rings is 2. The maximum atomic E-state index is 8.82. The Bertz CT molecular complexity index is 824. The fourth-order valence-corrected chi connectivity index (χ4v) is 3.16. The van der Waals surface area contributed by atoms with E-state index in [9.17, 15) is 0 Å². The summed E-state index contributed by atoms with van der Waals surface area (Å²) in [5, 5.41) is 18.1. The summed E-state index contributed by atoms with van der Waals surface area (Å²) in [4.78, 5) is 0. The molecule has 3 aromatic rings. The Balaban J connectivity index is 2.18. The summed E-state index contributed by atoms with van der Waals surface area (Å²) < 4.78 is 2.93. The molecule has 0 aliphatic carbocycles. The number of thioether (sulfide) groups is 1. The highest BCUT2D eigenvalue weighted by Gasteiger charge is 2.17. The Kier molecular flexibility index (Phi) is 4.56. The maximum absolute atomic E-state index is 8.82. The third-order valence-corrected chi connectivity index (χ3v) is 4.52. The lowest BCUT2D eigenvalue weighted by atomic mass is 10.2. The van der Waals surface area contributed by atoms with E-state index in [1.807, 2.05) is 59.2 Å². The van der Waals surface area contributed by atoms with Crippen molar-refractivity contribution in [3.05, 3.63) is 59.1 Å². The molecule has 0 fully saturated rings. The van der Waals surface area contributed by atoms with Gasteiger partial charge in [-0.25, -0.2) is 0 Å². The molecular weight excluding hydrogens is 360 g/mol. The van der Waals surface area contributed by atoms with Gasteiger partial charge in [0.15, 0.2) is 11.0 Å². The van der Waals surface area contributed by atoms with Crippen LogP contribution in [0.15, 0.2) is 64.2 Å². The fraction of sp³-hybridized carbons (Fsp3) is 0.0625. The van der Waals surface area contributed by atoms with Crippen LogP contribution in [0.4, 0.5) is 0 Å². The summed E-state index contributed by atoms with van der Waals surface area (Å²) in [5.41, 5.74) is 1.93. The van der Waals surface area contributed by atoms with Crippen molar-refractivity contribution in [2.75, 3.05) is 5.75 Å². The van der Waals surface area contributed by atoms with Crippen LogP contribution in [0.3, 0.4) is 0 Å². The molecule has 1 heterocycles. The molecule has 0 amide bonds. The number of para-hydroxylation sites is 1. The van der Waals surface area contributed by atoms with E-state index in [1.165, 1.54) is 11.8 Å². The van der Waals surface area contributed by atoms with Crippen molar-refractivity contribution < 1.29 is 0 Å². The van der Waals surface area contributed by atoms with Crippen LogP contribution in [0, 0.1) is 11.3 Å². The zero-order valence-corrected chi connectivity index (χ0v) is 13.9. The summed E-state index contributed by atoms with van der Waals surface area (Å²) in [7, 11) is 0. The van der Waals surface area contributed by atoms with Gasteiger partial charge in [-0.3, -0.25) is 4.57 Å². The third kappa shape index (κ3) is 2.91. The zero-order valence-electron chi connectivity index (χ0n) is 11.5. The van der Waals surface area contributed by atoms with Gasteiger partial charge < -0.3 is 0 Å². The molecular formula is C16H11BrN4S. The average molecular weight is 371 g/mol. The molecule has 3 rings (SSSR count). The van der Waals surface area contributed by atoms with Gasteiger partial charge in [0, 0.05) is 15.7 Å². The molecule has 0 atom stereocenters. The van der Waals surface area contributed by atoms with E-state index in [-0.39, 0.29) is 0 Å². The summed E-state index contributed by atoms with van der Waals surface area (Å²) in [6, 6.07) is 19.9. The van der Waals surface area contributed by atoms with Crippen LogP contribution in [0.5, 0.6) is 0 Å². The lowest BCUT2D eigenvalue weighted by Crippen LogP contribution is -2.00. The fourth-order valence-electron chi connectivity index (χ4n) is 2.09. The molecule has 0 spiro atoms. The van der Waals surface area contributed by atoms with Crippen molar-refractivity contribution in [1.82, 2.24) is 14.8 Å². The monoisotopic (exact) mass is 370 g/mol. The standard InChI is InChI=1S/C16H11BrN4S/c17-14-9-5-4-8-13(14)15-19-20-16(22-11-10-18)21(15)12-6-2-1-3-7-12/h1-9H,11H2. The molecule has 6 heteroatoms. The third-order valence-electron chi connectivity index (χ3n) is 3.03. The first-order valence-corrected chi connectivity index (χ1v) is 8.34. The van der Waals surface area contributed by atoms with E-state index >= 15 is 0 Å². The van der Waals surface area contributed by atoms with Gasteiger partial charge in [-0.2, -0.15) is 5.26 Å². The minimum absolute atomic E-state index is 0.334. The van der Waals surface area contributed by atoms with Crippen molar-refractivity contribution in [2.24, 2.45) is 0 Å². The molecule has 0 radical (unpaired) electrons. The largest absolute Gasteiger partial charge is 0.270 e. The molecule has 0 saturated heterocycles. The average Bonchev–Trinajstić information content (AvgIpc) is 2.98. The first-order chi connectivity index (χ1) is 10.8. The lowest BCUT2D eigenvalue weighted by Gasteiger charge is -2.10. The van der Waals surface area contributed by atoms with Gasteiger partial charge in [0.1, 0.15) is 0 Å². The van der Waals surface area contributed by atoms with Crippen LogP contribution in [-0.4, -0.2) is 20.5 Å². The van der Waals surface area contributed by atoms with Crippen molar-refractivity contribution in [3.63, 3.8) is 0 Å². The Labute approximate surface area is 140 Å². The van der Waals surface area contributed by atoms with E-state index < -0.39 is 0 Å². The molecule has 1 aromatic heterocycles. The topological polar surface area (TPSA) is 54.5 Å². The van der Waals surface area contributed by atoms with Crippen LogP contribution in [0.2, 0.25) is 0 Å². The highest BCUT2D eigenvalue weighted by molar-refractivity contribution is 9.10. The molecule has 2 aromatic carbocycles. The van der Waals surface area contributed by atoms with Gasteiger partial charge in [-0.05, 0) is 18.2 Å². The maximum Gasteiger partial charge on any atom is 0.197 e. The second-order valence-electron chi connectivity index (χ2n) is 4.40. The molecule has 0 saturated carbocycles. The molecule has 0 aliphatic heterocycles. The predicted molar refractivity (Wildman–Crippen MR) is 90.8 cm³/mol. The Morgan fingerprint density at radius 2 is 1.77 bits per heavy atom. The lowest BCUT2D eigenvalue weighted by molar-refractivity contribution is 0.888. The van der Waals surface area contributed by atoms with Gasteiger partial charge in [0.05, 0.1) is 11.8 Å². The van der Waals surface area contributed by atoms with E-state index in [1.54, 1.807) is 0 Å². The highest BCUT2D eigenvalue weighted by atomic mass is 79.9. The van der Waals surface area contributed by atoms with Crippen molar-refractivity contribution in [2.45, 2.75) is 5.16 Å². The predicted octanol–water partition coefficient (Wildman–Crippen LogP) is 4.31. The summed E-state index contributed by atoms with van der Waals surface area (Å²) in [6.45, 7) is 0. The van der Waals surface area contributed by atoms with Gasteiger partial charge in [-0.15, -0.1) is 10.2 Å². The van der Waals surface area contributed by atoms with Crippen molar-refractivity contribution >= 4 is 27.7 Å². The highest BCUT2D eigenvalue weighted by Crippen LogP contribution is 2.31. The first-order valence-electron chi connectivity index (χ1n) is 6.57. The molecule has 0 unspecified atom stereocenters. The minimum atomic E-state index is 0.334. The SMILES string of the molecule is N#CCSc1nnc(-c2ccccc2Br)n1-c1ccccc1. The van der Waals surface area contributed by atoms with Gasteiger partial charge in [0.25, 0.3) is 0 Å². The molecule has 0 N–H and O–H groups in total. The quantitative estimate of drug-likeness (QED) is 0.642. The second-order valence-corrected chi connectivity index (χ2v) is 6.20. The van der Waals surface area contributed by atoms with Gasteiger partial charge >= 0.3 is 0 Å². The smallest absolute Gasteiger partial charge is 0.197 e. The molecule has 108 valence electrons. The normalized spacial score (nSPS) is 10.4. The number of aromatic nitrogens is 3. The summed E-state index contributed by atoms with van der Waals surface area (Å²) >= 11 is 4.94. The van der Waals surface area contributed by atoms with Crippen LogP contribution >= 0.6 is 27.7 Å². The summed E-state index contributed by atoms with van der Waals surface area (Å²) in [5.74, 6) is 1.08. The van der Waals surface area contributed by atoms with Gasteiger partial charge in [0.2, 0.25) is 0 Å². The molecule has 4 nitrogen and oxygen atoms in total. The van der Waals surface area contributed by atoms with Crippen molar-refractivity contribution in [3.8, 4) is 23.1 Å². The number of rotatable bonds is 4. The molecule has 0 bridgehead atoms. The van der Waals surface area contributed by atoms with Crippen LogP contribution in [-0.2, 0) is 0 Å². The minimum Gasteiger partial charge on any atom is -0.270 e. The van der Waals surface area contributed by atoms with Crippen LogP contribution < -0.4 is 0 Å². The molecule has 22 heavy (non-hydrogen) atoms. The van der Waals surface area contributed by atoms with E-state index in [0.717, 1.165) is 21.5 Å². The van der Waals surface area contributed by atoms with Crippen LogP contribution in [0.1, 0.15) is 0 Å². The van der Waals surface area contributed by atoms with E-state index in [2.05, 4.69) is 32.2 Å². The first kappa shape index (κ1) is 14.8.